The Balaban J connectivity index is 1.63. The van der Waals surface area contributed by atoms with Gasteiger partial charge in [-0.3, -0.25) is 0 Å². The van der Waals surface area contributed by atoms with Crippen LogP contribution in [0.25, 0.3) is 0 Å². The summed E-state index contributed by atoms with van der Waals surface area (Å²) in [6.45, 7) is 0. The molecule has 3 aliphatic rings. The maximum Gasteiger partial charge on any atom is 0.130 e. The highest BCUT2D eigenvalue weighted by Gasteiger charge is 2.32. The van der Waals surface area contributed by atoms with Gasteiger partial charge >= 0.3 is 0 Å². The average molecular weight is 264 g/mol. The van der Waals surface area contributed by atoms with E-state index in [2.05, 4.69) is 36.4 Å². The standard InChI is InChI=1S/C18H16O2/c1-2-8-16-13(5-1)10-11-18(20-16)15-6-3-9-17-14(15)7-4-12-19-17/h1-9,12,15,18H,10-11H2. The molecule has 1 aromatic rings. The van der Waals surface area contributed by atoms with Crippen LogP contribution in [0.15, 0.2) is 72.2 Å². The molecule has 0 radical (unpaired) electrons. The summed E-state index contributed by atoms with van der Waals surface area (Å²) >= 11 is 0. The number of fused-ring (bicyclic) bond motifs is 2. The van der Waals surface area contributed by atoms with Crippen molar-refractivity contribution in [1.82, 2.24) is 0 Å². The first-order valence-corrected chi connectivity index (χ1v) is 7.08. The van der Waals surface area contributed by atoms with Crippen LogP contribution >= 0.6 is 0 Å². The number of hydrogen-bond acceptors (Lipinski definition) is 2. The molecule has 2 heteroatoms. The summed E-state index contributed by atoms with van der Waals surface area (Å²) < 4.78 is 11.8. The van der Waals surface area contributed by atoms with E-state index in [9.17, 15) is 0 Å². The van der Waals surface area contributed by atoms with E-state index in [4.69, 9.17) is 9.47 Å². The average Bonchev–Trinajstić information content (AvgIpc) is 2.54. The predicted molar refractivity (Wildman–Crippen MR) is 78.2 cm³/mol. The number of para-hydroxylation sites is 1. The number of benzene rings is 1. The zero-order chi connectivity index (χ0) is 13.4. The molecule has 2 atom stereocenters. The molecule has 100 valence electrons. The van der Waals surface area contributed by atoms with Crippen molar-refractivity contribution in [3.05, 3.63) is 77.8 Å². The van der Waals surface area contributed by atoms with E-state index < -0.39 is 0 Å². The third-order valence-corrected chi connectivity index (χ3v) is 4.11. The van der Waals surface area contributed by atoms with E-state index in [0.29, 0.717) is 0 Å². The van der Waals surface area contributed by atoms with Crippen LogP contribution in [-0.4, -0.2) is 6.10 Å². The van der Waals surface area contributed by atoms with Gasteiger partial charge in [-0.2, -0.15) is 0 Å². The Bertz CT molecular complexity index is 649. The van der Waals surface area contributed by atoms with Gasteiger partial charge in [0.25, 0.3) is 0 Å². The summed E-state index contributed by atoms with van der Waals surface area (Å²) in [5.41, 5.74) is 2.53. The van der Waals surface area contributed by atoms with Crippen molar-refractivity contribution in [2.45, 2.75) is 18.9 Å². The summed E-state index contributed by atoms with van der Waals surface area (Å²) in [6.07, 6.45) is 14.4. The van der Waals surface area contributed by atoms with E-state index in [-0.39, 0.29) is 12.0 Å². The molecule has 1 aromatic carbocycles. The molecule has 0 saturated carbocycles. The van der Waals surface area contributed by atoms with Gasteiger partial charge in [0.2, 0.25) is 0 Å². The summed E-state index contributed by atoms with van der Waals surface area (Å²) in [7, 11) is 0. The van der Waals surface area contributed by atoms with Crippen LogP contribution in [-0.2, 0) is 11.2 Å². The molecule has 2 aliphatic heterocycles. The SMILES string of the molecule is C1=COC2=CC=CC(C3CCc4ccccc4O3)C2=C1. The molecule has 0 N–H and O–H groups in total. The minimum absolute atomic E-state index is 0.186. The summed E-state index contributed by atoms with van der Waals surface area (Å²) in [4.78, 5) is 0. The van der Waals surface area contributed by atoms with Gasteiger partial charge in [0, 0.05) is 11.5 Å². The second-order valence-corrected chi connectivity index (χ2v) is 5.31. The fourth-order valence-corrected chi connectivity index (χ4v) is 3.11. The fraction of sp³-hybridized carbons (Fsp3) is 0.222. The molecule has 2 heterocycles. The van der Waals surface area contributed by atoms with Gasteiger partial charge in [-0.1, -0.05) is 36.4 Å². The number of rotatable bonds is 1. The van der Waals surface area contributed by atoms with E-state index in [1.807, 2.05) is 18.2 Å². The molecule has 1 aliphatic carbocycles. The molecule has 0 aromatic heterocycles. The first kappa shape index (κ1) is 11.6. The van der Waals surface area contributed by atoms with Gasteiger partial charge in [0.15, 0.2) is 0 Å². The van der Waals surface area contributed by atoms with Crippen molar-refractivity contribution in [3.63, 3.8) is 0 Å². The van der Waals surface area contributed by atoms with Crippen molar-refractivity contribution in [2.75, 3.05) is 0 Å². The number of hydrogen-bond donors (Lipinski definition) is 0. The Morgan fingerprint density at radius 1 is 1.05 bits per heavy atom. The Kier molecular flexibility index (Phi) is 2.73. The molecule has 0 saturated heterocycles. The van der Waals surface area contributed by atoms with Gasteiger partial charge in [-0.15, -0.1) is 0 Å². The highest BCUT2D eigenvalue weighted by atomic mass is 16.5. The minimum atomic E-state index is 0.186. The normalized spacial score (nSPS) is 26.6. The Hall–Kier alpha value is -2.22. The van der Waals surface area contributed by atoms with Crippen LogP contribution in [0.3, 0.4) is 0 Å². The third-order valence-electron chi connectivity index (χ3n) is 4.11. The number of ether oxygens (including phenoxy) is 2. The molecular formula is C18H16O2. The second kappa shape index (κ2) is 4.71. The summed E-state index contributed by atoms with van der Waals surface area (Å²) in [5, 5.41) is 0. The smallest absolute Gasteiger partial charge is 0.130 e. The molecule has 0 amide bonds. The zero-order valence-corrected chi connectivity index (χ0v) is 11.2. The number of aryl methyl sites for hydroxylation is 1. The fourth-order valence-electron chi connectivity index (χ4n) is 3.11. The van der Waals surface area contributed by atoms with Crippen molar-refractivity contribution >= 4 is 0 Å². The highest BCUT2D eigenvalue weighted by Crippen LogP contribution is 2.37. The van der Waals surface area contributed by atoms with Crippen molar-refractivity contribution in [3.8, 4) is 5.75 Å². The predicted octanol–water partition coefficient (Wildman–Crippen LogP) is 3.92. The maximum atomic E-state index is 6.22. The first-order valence-electron chi connectivity index (χ1n) is 7.08. The molecule has 4 rings (SSSR count). The number of allylic oxidation sites excluding steroid dienone is 5. The molecule has 0 bridgehead atoms. The van der Waals surface area contributed by atoms with E-state index in [1.54, 1.807) is 6.26 Å². The van der Waals surface area contributed by atoms with E-state index in [1.165, 1.54) is 11.1 Å². The zero-order valence-electron chi connectivity index (χ0n) is 11.2. The molecule has 2 nitrogen and oxygen atoms in total. The lowest BCUT2D eigenvalue weighted by Crippen LogP contribution is -2.32. The minimum Gasteiger partial charge on any atom is -0.489 e. The molecule has 20 heavy (non-hydrogen) atoms. The van der Waals surface area contributed by atoms with Gasteiger partial charge in [-0.05, 0) is 36.6 Å². The Morgan fingerprint density at radius 3 is 3.00 bits per heavy atom. The van der Waals surface area contributed by atoms with E-state index >= 15 is 0 Å². The van der Waals surface area contributed by atoms with Gasteiger partial charge in [0.1, 0.15) is 17.6 Å². The van der Waals surface area contributed by atoms with Crippen LogP contribution in [0, 0.1) is 5.92 Å². The first-order chi connectivity index (χ1) is 9.92. The summed E-state index contributed by atoms with van der Waals surface area (Å²) in [5.74, 6) is 2.25. The largest absolute Gasteiger partial charge is 0.489 e. The molecule has 0 spiro atoms. The van der Waals surface area contributed by atoms with Crippen LogP contribution in [0.2, 0.25) is 0 Å². The maximum absolute atomic E-state index is 6.22. The molecule has 2 unspecified atom stereocenters. The topological polar surface area (TPSA) is 18.5 Å². The van der Waals surface area contributed by atoms with Crippen LogP contribution in [0.1, 0.15) is 12.0 Å². The second-order valence-electron chi connectivity index (χ2n) is 5.31. The quantitative estimate of drug-likeness (QED) is 0.765. The van der Waals surface area contributed by atoms with Crippen molar-refractivity contribution in [2.24, 2.45) is 5.92 Å². The lowest BCUT2D eigenvalue weighted by atomic mass is 9.83. The van der Waals surface area contributed by atoms with Crippen molar-refractivity contribution in [1.29, 1.82) is 0 Å². The lowest BCUT2D eigenvalue weighted by molar-refractivity contribution is 0.141. The van der Waals surface area contributed by atoms with E-state index in [0.717, 1.165) is 24.4 Å². The monoisotopic (exact) mass is 264 g/mol. The highest BCUT2D eigenvalue weighted by molar-refractivity contribution is 5.44. The third kappa shape index (κ3) is 1.88. The summed E-state index contributed by atoms with van der Waals surface area (Å²) in [6, 6.07) is 8.33. The molecule has 0 fully saturated rings. The van der Waals surface area contributed by atoms with Crippen LogP contribution < -0.4 is 4.74 Å². The van der Waals surface area contributed by atoms with Gasteiger partial charge in [-0.25, -0.2) is 0 Å². The van der Waals surface area contributed by atoms with Crippen LogP contribution in [0.4, 0.5) is 0 Å². The Morgan fingerprint density at radius 2 is 2.00 bits per heavy atom. The lowest BCUT2D eigenvalue weighted by Gasteiger charge is -2.34. The van der Waals surface area contributed by atoms with Crippen molar-refractivity contribution < 1.29 is 9.47 Å². The van der Waals surface area contributed by atoms with Gasteiger partial charge in [0.05, 0.1) is 6.26 Å². The Labute approximate surface area is 118 Å². The van der Waals surface area contributed by atoms with Gasteiger partial charge < -0.3 is 9.47 Å². The van der Waals surface area contributed by atoms with Crippen LogP contribution in [0.5, 0.6) is 5.75 Å². The molecular weight excluding hydrogens is 248 g/mol.